The highest BCUT2D eigenvalue weighted by molar-refractivity contribution is 9.11. The third-order valence-electron chi connectivity index (χ3n) is 2.92. The minimum atomic E-state index is 0.816. The number of hydrogen-bond donors (Lipinski definition) is 1. The predicted octanol–water partition coefficient (Wildman–Crippen LogP) is 4.66. The van der Waals surface area contributed by atoms with Gasteiger partial charge in [-0.2, -0.15) is 0 Å². The Morgan fingerprint density at radius 3 is 2.63 bits per heavy atom. The summed E-state index contributed by atoms with van der Waals surface area (Å²) in [5.41, 5.74) is 2.28. The van der Waals surface area contributed by atoms with Crippen LogP contribution in [0.4, 0.5) is 5.82 Å². The van der Waals surface area contributed by atoms with Gasteiger partial charge in [0.15, 0.2) is 5.82 Å². The highest BCUT2D eigenvalue weighted by Crippen LogP contribution is 2.31. The smallest absolute Gasteiger partial charge is 0.171 e. The molecule has 2 heterocycles. The number of nitrogens with zero attached hydrogens (tertiary/aromatic N) is 2. The Balaban J connectivity index is 2.44. The van der Waals surface area contributed by atoms with Gasteiger partial charge in [-0.3, -0.25) is 0 Å². The zero-order valence-corrected chi connectivity index (χ0v) is 13.9. The molecule has 2 aromatic rings. The van der Waals surface area contributed by atoms with Gasteiger partial charge in [-0.05, 0) is 47.8 Å². The Bertz CT molecular complexity index is 566. The maximum absolute atomic E-state index is 4.68. The molecule has 3 nitrogen and oxygen atoms in total. The summed E-state index contributed by atoms with van der Waals surface area (Å²) in [5, 5.41) is 3.40. The van der Waals surface area contributed by atoms with Crippen molar-refractivity contribution in [2.45, 2.75) is 33.6 Å². The van der Waals surface area contributed by atoms with Crippen molar-refractivity contribution in [3.63, 3.8) is 0 Å². The van der Waals surface area contributed by atoms with Crippen molar-refractivity contribution in [3.05, 3.63) is 27.2 Å². The van der Waals surface area contributed by atoms with Crippen molar-refractivity contribution in [3.8, 4) is 10.7 Å². The Morgan fingerprint density at radius 2 is 2.05 bits per heavy atom. The monoisotopic (exact) mass is 339 g/mol. The maximum atomic E-state index is 4.68. The summed E-state index contributed by atoms with van der Waals surface area (Å²) < 4.78 is 1.10. The van der Waals surface area contributed by atoms with Crippen LogP contribution in [0.2, 0.25) is 0 Å². The molecule has 19 heavy (non-hydrogen) atoms. The molecule has 0 atom stereocenters. The molecule has 0 spiro atoms. The summed E-state index contributed by atoms with van der Waals surface area (Å²) in [5.74, 6) is 1.78. The highest BCUT2D eigenvalue weighted by atomic mass is 79.9. The first kappa shape index (κ1) is 14.5. The Hall–Kier alpha value is -0.940. The van der Waals surface area contributed by atoms with E-state index in [4.69, 9.17) is 0 Å². The minimum Gasteiger partial charge on any atom is -0.370 e. The lowest BCUT2D eigenvalue weighted by Gasteiger charge is -2.12. The number of aryl methyl sites for hydroxylation is 1. The van der Waals surface area contributed by atoms with Gasteiger partial charge in [-0.25, -0.2) is 9.97 Å². The number of aromatic nitrogens is 2. The maximum Gasteiger partial charge on any atom is 0.171 e. The summed E-state index contributed by atoms with van der Waals surface area (Å²) in [6.45, 7) is 7.31. The molecular weight excluding hydrogens is 322 g/mol. The molecule has 0 saturated carbocycles. The van der Waals surface area contributed by atoms with Gasteiger partial charge in [-0.1, -0.05) is 13.8 Å². The van der Waals surface area contributed by atoms with Gasteiger partial charge < -0.3 is 5.32 Å². The molecule has 0 unspecified atom stereocenters. The van der Waals surface area contributed by atoms with Crippen molar-refractivity contribution in [2.75, 3.05) is 11.9 Å². The summed E-state index contributed by atoms with van der Waals surface area (Å²) >= 11 is 5.15. The molecule has 0 fully saturated rings. The first-order chi connectivity index (χ1) is 9.15. The molecule has 0 aromatic carbocycles. The van der Waals surface area contributed by atoms with Gasteiger partial charge in [-0.15, -0.1) is 11.3 Å². The van der Waals surface area contributed by atoms with Gasteiger partial charge in [0.2, 0.25) is 0 Å². The molecule has 0 aliphatic heterocycles. The van der Waals surface area contributed by atoms with Crippen LogP contribution < -0.4 is 5.32 Å². The molecule has 0 aliphatic rings. The largest absolute Gasteiger partial charge is 0.370 e. The van der Waals surface area contributed by atoms with E-state index in [-0.39, 0.29) is 0 Å². The summed E-state index contributed by atoms with van der Waals surface area (Å²) in [4.78, 5) is 10.4. The first-order valence-corrected chi connectivity index (χ1v) is 8.13. The van der Waals surface area contributed by atoms with Crippen LogP contribution in [-0.4, -0.2) is 16.5 Å². The third-order valence-corrected chi connectivity index (χ3v) is 4.54. The van der Waals surface area contributed by atoms with E-state index in [2.05, 4.69) is 58.1 Å². The number of thiophene rings is 1. The quantitative estimate of drug-likeness (QED) is 0.860. The molecule has 5 heteroatoms. The average molecular weight is 340 g/mol. The van der Waals surface area contributed by atoms with Crippen molar-refractivity contribution in [1.29, 1.82) is 0 Å². The van der Waals surface area contributed by atoms with Crippen molar-refractivity contribution < 1.29 is 0 Å². The molecule has 0 aliphatic carbocycles. The van der Waals surface area contributed by atoms with Gasteiger partial charge in [0.25, 0.3) is 0 Å². The summed E-state index contributed by atoms with van der Waals surface area (Å²) in [6.07, 6.45) is 2.01. The van der Waals surface area contributed by atoms with Crippen LogP contribution in [0.15, 0.2) is 15.9 Å². The second-order valence-electron chi connectivity index (χ2n) is 4.35. The molecule has 0 amide bonds. The van der Waals surface area contributed by atoms with Crippen LogP contribution in [0.5, 0.6) is 0 Å². The van der Waals surface area contributed by atoms with Gasteiger partial charge in [0.1, 0.15) is 5.82 Å². The summed E-state index contributed by atoms with van der Waals surface area (Å²) in [7, 11) is 0. The molecule has 2 aromatic heterocycles. The van der Waals surface area contributed by atoms with E-state index in [0.29, 0.717) is 0 Å². The van der Waals surface area contributed by atoms with E-state index in [9.17, 15) is 0 Å². The predicted molar refractivity (Wildman–Crippen MR) is 85.9 cm³/mol. The van der Waals surface area contributed by atoms with Crippen LogP contribution in [0.1, 0.15) is 31.5 Å². The van der Waals surface area contributed by atoms with E-state index in [1.54, 1.807) is 11.3 Å². The zero-order chi connectivity index (χ0) is 13.8. The van der Waals surface area contributed by atoms with Gasteiger partial charge >= 0.3 is 0 Å². The van der Waals surface area contributed by atoms with Gasteiger partial charge in [0, 0.05) is 17.8 Å². The standard InChI is InChI=1S/C14H18BrN3S/c1-4-8-16-13-9(3)10(5-2)17-14(18-13)11-6-7-12(15)19-11/h6-7H,4-5,8H2,1-3H3,(H,16,17,18). The fourth-order valence-corrected chi connectivity index (χ4v) is 3.19. The molecule has 2 rings (SSSR count). The van der Waals surface area contributed by atoms with E-state index in [1.807, 2.05) is 6.07 Å². The fraction of sp³-hybridized carbons (Fsp3) is 0.429. The Labute approximate surface area is 126 Å². The second kappa shape index (κ2) is 6.48. The fourth-order valence-electron chi connectivity index (χ4n) is 1.87. The van der Waals surface area contributed by atoms with Crippen LogP contribution in [0.25, 0.3) is 10.7 Å². The van der Waals surface area contributed by atoms with Crippen LogP contribution >= 0.6 is 27.3 Å². The molecule has 1 N–H and O–H groups in total. The normalized spacial score (nSPS) is 10.7. The average Bonchev–Trinajstić information content (AvgIpc) is 2.84. The lowest BCUT2D eigenvalue weighted by atomic mass is 10.2. The van der Waals surface area contributed by atoms with E-state index >= 15 is 0 Å². The van der Waals surface area contributed by atoms with E-state index in [1.165, 1.54) is 0 Å². The topological polar surface area (TPSA) is 37.8 Å². The van der Waals surface area contributed by atoms with Crippen LogP contribution in [-0.2, 0) is 6.42 Å². The SMILES string of the molecule is CCCNc1nc(-c2ccc(Br)s2)nc(CC)c1C. The Kier molecular flexibility index (Phi) is 4.93. The molecule has 0 saturated heterocycles. The van der Waals surface area contributed by atoms with Crippen molar-refractivity contribution in [2.24, 2.45) is 0 Å². The minimum absolute atomic E-state index is 0.816. The molecular formula is C14H18BrN3S. The zero-order valence-electron chi connectivity index (χ0n) is 11.5. The van der Waals surface area contributed by atoms with Crippen molar-refractivity contribution in [1.82, 2.24) is 9.97 Å². The second-order valence-corrected chi connectivity index (χ2v) is 6.81. The lowest BCUT2D eigenvalue weighted by molar-refractivity contribution is 0.937. The molecule has 0 bridgehead atoms. The van der Waals surface area contributed by atoms with E-state index < -0.39 is 0 Å². The number of halogens is 1. The number of rotatable bonds is 5. The molecule has 102 valence electrons. The third kappa shape index (κ3) is 3.34. The number of hydrogen-bond acceptors (Lipinski definition) is 4. The molecule has 0 radical (unpaired) electrons. The van der Waals surface area contributed by atoms with Crippen LogP contribution in [0.3, 0.4) is 0 Å². The Morgan fingerprint density at radius 1 is 1.26 bits per heavy atom. The van der Waals surface area contributed by atoms with Crippen molar-refractivity contribution >= 4 is 33.1 Å². The highest BCUT2D eigenvalue weighted by Gasteiger charge is 2.12. The van der Waals surface area contributed by atoms with Crippen LogP contribution in [0, 0.1) is 6.92 Å². The number of anilines is 1. The first-order valence-electron chi connectivity index (χ1n) is 6.52. The summed E-state index contributed by atoms with van der Waals surface area (Å²) in [6, 6.07) is 4.09. The van der Waals surface area contributed by atoms with E-state index in [0.717, 1.165) is 50.9 Å². The number of nitrogens with one attached hydrogen (secondary N) is 1. The van der Waals surface area contributed by atoms with Gasteiger partial charge in [0.05, 0.1) is 8.66 Å². The lowest BCUT2D eigenvalue weighted by Crippen LogP contribution is -2.08.